The SMILES string of the molecule is Cc1nc(-c2ccccc2)sc1CNC(=O)CC1CC2CCC(C1)N2.Cl. The van der Waals surface area contributed by atoms with Crippen molar-refractivity contribution < 1.29 is 4.79 Å². The Morgan fingerprint density at radius 3 is 2.62 bits per heavy atom. The Hall–Kier alpha value is -1.43. The lowest BCUT2D eigenvalue weighted by Crippen LogP contribution is -2.39. The fraction of sp³-hybridized carbons (Fsp3) is 0.500. The summed E-state index contributed by atoms with van der Waals surface area (Å²) >= 11 is 1.68. The number of piperidine rings is 1. The van der Waals surface area contributed by atoms with Gasteiger partial charge in [-0.15, -0.1) is 23.7 Å². The maximum Gasteiger partial charge on any atom is 0.220 e. The van der Waals surface area contributed by atoms with Crippen molar-refractivity contribution in [2.24, 2.45) is 5.92 Å². The number of thiazole rings is 1. The number of benzene rings is 1. The highest BCUT2D eigenvalue weighted by Gasteiger charge is 2.34. The summed E-state index contributed by atoms with van der Waals surface area (Å²) in [6.07, 6.45) is 5.54. The summed E-state index contributed by atoms with van der Waals surface area (Å²) in [6.45, 7) is 2.61. The van der Waals surface area contributed by atoms with Crippen LogP contribution in [0.15, 0.2) is 30.3 Å². The van der Waals surface area contributed by atoms with Gasteiger partial charge in [-0.05, 0) is 38.5 Å². The van der Waals surface area contributed by atoms with Gasteiger partial charge in [0.2, 0.25) is 5.91 Å². The second-order valence-electron chi connectivity index (χ2n) is 7.35. The van der Waals surface area contributed by atoms with Crippen LogP contribution in [0.5, 0.6) is 0 Å². The maximum absolute atomic E-state index is 12.4. The minimum absolute atomic E-state index is 0. The van der Waals surface area contributed by atoms with Crippen molar-refractivity contribution in [1.82, 2.24) is 15.6 Å². The van der Waals surface area contributed by atoms with Gasteiger partial charge in [-0.2, -0.15) is 0 Å². The fourth-order valence-electron chi connectivity index (χ4n) is 4.15. The summed E-state index contributed by atoms with van der Waals surface area (Å²) in [6, 6.07) is 11.5. The standard InChI is InChI=1S/C20H25N3OS.ClH/c1-13-18(25-20(22-13)15-5-3-2-4-6-15)12-21-19(24)11-14-9-16-7-8-17(10-14)23-16;/h2-6,14,16-17,23H,7-12H2,1H3,(H,21,24);1H. The zero-order valence-electron chi connectivity index (χ0n) is 15.0. The van der Waals surface area contributed by atoms with Gasteiger partial charge < -0.3 is 10.6 Å². The molecule has 2 saturated heterocycles. The van der Waals surface area contributed by atoms with E-state index in [0.29, 0.717) is 31.0 Å². The highest BCUT2D eigenvalue weighted by atomic mass is 35.5. The van der Waals surface area contributed by atoms with Crippen LogP contribution in [0.2, 0.25) is 0 Å². The van der Waals surface area contributed by atoms with E-state index >= 15 is 0 Å². The third kappa shape index (κ3) is 4.45. The first-order valence-corrected chi connectivity index (χ1v) is 10.0. The van der Waals surface area contributed by atoms with Gasteiger partial charge in [0, 0.05) is 28.9 Å². The second-order valence-corrected chi connectivity index (χ2v) is 8.43. The van der Waals surface area contributed by atoms with Crippen LogP contribution in [0.25, 0.3) is 10.6 Å². The summed E-state index contributed by atoms with van der Waals surface area (Å²) in [7, 11) is 0. The predicted molar refractivity (Wildman–Crippen MR) is 109 cm³/mol. The van der Waals surface area contributed by atoms with Gasteiger partial charge >= 0.3 is 0 Å². The molecule has 2 bridgehead atoms. The maximum atomic E-state index is 12.4. The van der Waals surface area contributed by atoms with Gasteiger partial charge in [-0.1, -0.05) is 30.3 Å². The van der Waals surface area contributed by atoms with E-state index in [1.807, 2.05) is 25.1 Å². The second kappa shape index (κ2) is 8.51. The molecule has 0 spiro atoms. The third-order valence-electron chi connectivity index (χ3n) is 5.40. The van der Waals surface area contributed by atoms with E-state index in [1.54, 1.807) is 11.3 Å². The molecule has 2 fully saturated rings. The van der Waals surface area contributed by atoms with E-state index in [9.17, 15) is 4.79 Å². The Balaban J connectivity index is 0.00000196. The van der Waals surface area contributed by atoms with Crippen LogP contribution in [0.3, 0.4) is 0 Å². The molecule has 26 heavy (non-hydrogen) atoms. The summed E-state index contributed by atoms with van der Waals surface area (Å²) < 4.78 is 0. The number of nitrogens with zero attached hydrogens (tertiary/aromatic N) is 1. The molecule has 2 aliphatic rings. The molecule has 0 aliphatic carbocycles. The molecular weight excluding hydrogens is 366 g/mol. The van der Waals surface area contributed by atoms with E-state index < -0.39 is 0 Å². The highest BCUT2D eigenvalue weighted by molar-refractivity contribution is 7.15. The average Bonchev–Trinajstić information content (AvgIpc) is 3.16. The zero-order valence-corrected chi connectivity index (χ0v) is 16.7. The smallest absolute Gasteiger partial charge is 0.220 e. The molecule has 0 radical (unpaired) electrons. The fourth-order valence-corrected chi connectivity index (χ4v) is 5.16. The summed E-state index contributed by atoms with van der Waals surface area (Å²) in [4.78, 5) is 18.2. The first kappa shape index (κ1) is 19.3. The average molecular weight is 392 g/mol. The first-order valence-electron chi connectivity index (χ1n) is 9.22. The molecule has 140 valence electrons. The number of carbonyl (C=O) groups is 1. The number of amides is 1. The third-order valence-corrected chi connectivity index (χ3v) is 6.61. The minimum atomic E-state index is 0. The van der Waals surface area contributed by atoms with Crippen LogP contribution in [0.1, 0.15) is 42.7 Å². The lowest BCUT2D eigenvalue weighted by Gasteiger charge is -2.28. The van der Waals surface area contributed by atoms with Crippen molar-refractivity contribution in [1.29, 1.82) is 0 Å². The number of nitrogens with one attached hydrogen (secondary N) is 2. The van der Waals surface area contributed by atoms with Crippen LogP contribution in [0, 0.1) is 12.8 Å². The van der Waals surface area contributed by atoms with E-state index in [1.165, 1.54) is 12.8 Å². The predicted octanol–water partition coefficient (Wildman–Crippen LogP) is 4.08. The van der Waals surface area contributed by atoms with E-state index in [4.69, 9.17) is 0 Å². The van der Waals surface area contributed by atoms with Crippen LogP contribution in [-0.2, 0) is 11.3 Å². The molecule has 6 heteroatoms. The molecule has 3 heterocycles. The lowest BCUT2D eigenvalue weighted by atomic mass is 9.89. The molecule has 0 saturated carbocycles. The van der Waals surface area contributed by atoms with Gasteiger partial charge in [-0.25, -0.2) is 4.98 Å². The number of halogens is 1. The molecule has 2 aliphatic heterocycles. The Kier molecular flexibility index (Phi) is 6.33. The number of fused-ring (bicyclic) bond motifs is 2. The van der Waals surface area contributed by atoms with Gasteiger partial charge in [-0.3, -0.25) is 4.79 Å². The summed E-state index contributed by atoms with van der Waals surface area (Å²) in [5.41, 5.74) is 2.16. The number of aryl methyl sites for hydroxylation is 1. The molecule has 1 aromatic heterocycles. The first-order chi connectivity index (χ1) is 12.2. The van der Waals surface area contributed by atoms with Crippen molar-refractivity contribution in [2.75, 3.05) is 0 Å². The normalized spacial score (nSPS) is 24.1. The van der Waals surface area contributed by atoms with Crippen LogP contribution < -0.4 is 10.6 Å². The Labute approximate surface area is 165 Å². The number of hydrogen-bond donors (Lipinski definition) is 2. The number of rotatable bonds is 5. The van der Waals surface area contributed by atoms with Gasteiger partial charge in [0.05, 0.1) is 12.2 Å². The monoisotopic (exact) mass is 391 g/mol. The van der Waals surface area contributed by atoms with Crippen molar-refractivity contribution in [3.05, 3.63) is 40.9 Å². The molecule has 2 aromatic rings. The highest BCUT2D eigenvalue weighted by Crippen LogP contribution is 2.32. The van der Waals surface area contributed by atoms with Crippen molar-refractivity contribution >= 4 is 29.7 Å². The van der Waals surface area contributed by atoms with Gasteiger partial charge in [0.25, 0.3) is 0 Å². The molecule has 1 aromatic carbocycles. The number of aromatic nitrogens is 1. The van der Waals surface area contributed by atoms with E-state index in [2.05, 4.69) is 27.8 Å². The van der Waals surface area contributed by atoms with Crippen molar-refractivity contribution in [2.45, 2.75) is 57.7 Å². The molecule has 1 amide bonds. The van der Waals surface area contributed by atoms with Crippen LogP contribution in [-0.4, -0.2) is 23.0 Å². The van der Waals surface area contributed by atoms with Gasteiger partial charge in [0.15, 0.2) is 0 Å². The molecule has 2 N–H and O–H groups in total. The molecule has 2 unspecified atom stereocenters. The molecule has 4 nitrogen and oxygen atoms in total. The largest absolute Gasteiger partial charge is 0.351 e. The molecular formula is C20H26ClN3OS. The topological polar surface area (TPSA) is 54.0 Å². The van der Waals surface area contributed by atoms with Crippen molar-refractivity contribution in [3.63, 3.8) is 0 Å². The van der Waals surface area contributed by atoms with Crippen LogP contribution in [0.4, 0.5) is 0 Å². The quantitative estimate of drug-likeness (QED) is 0.807. The Morgan fingerprint density at radius 2 is 1.92 bits per heavy atom. The Bertz CT molecular complexity index is 737. The van der Waals surface area contributed by atoms with E-state index in [0.717, 1.165) is 34.0 Å². The minimum Gasteiger partial charge on any atom is -0.351 e. The van der Waals surface area contributed by atoms with E-state index in [-0.39, 0.29) is 18.3 Å². The molecule has 4 rings (SSSR count). The molecule has 2 atom stereocenters. The number of hydrogen-bond acceptors (Lipinski definition) is 4. The summed E-state index contributed by atoms with van der Waals surface area (Å²) in [5.74, 6) is 0.724. The number of carbonyl (C=O) groups excluding carboxylic acids is 1. The summed E-state index contributed by atoms with van der Waals surface area (Å²) in [5, 5.41) is 7.78. The zero-order chi connectivity index (χ0) is 17.2. The lowest BCUT2D eigenvalue weighted by molar-refractivity contribution is -0.122. The van der Waals surface area contributed by atoms with Crippen molar-refractivity contribution in [3.8, 4) is 10.6 Å². The Morgan fingerprint density at radius 1 is 1.23 bits per heavy atom. The van der Waals surface area contributed by atoms with Crippen LogP contribution >= 0.6 is 23.7 Å². The van der Waals surface area contributed by atoms with Gasteiger partial charge in [0.1, 0.15) is 5.01 Å².